The van der Waals surface area contributed by atoms with Crippen molar-refractivity contribution in [1.82, 2.24) is 0 Å². The average Bonchev–Trinajstić information content (AvgIpc) is 2.86. The zero-order chi connectivity index (χ0) is 22.9. The molecule has 0 saturated heterocycles. The van der Waals surface area contributed by atoms with Crippen LogP contribution in [0.1, 0.15) is 51.4 Å². The van der Waals surface area contributed by atoms with Crippen molar-refractivity contribution in [3.63, 3.8) is 0 Å². The minimum Gasteiger partial charge on any atom is -0.496 e. The molecule has 0 fully saturated rings. The third kappa shape index (κ3) is 2.52. The van der Waals surface area contributed by atoms with Crippen molar-refractivity contribution in [3.05, 3.63) is 64.7 Å². The topological polar surface area (TPSA) is 63.2 Å². The lowest BCUT2D eigenvalue weighted by molar-refractivity contribution is 0.0867. The van der Waals surface area contributed by atoms with Crippen LogP contribution in [0.3, 0.4) is 0 Å². The predicted octanol–water partition coefficient (Wildman–Crippen LogP) is 5.29. The number of Topliss-reactive ketones (excluding diaryl/α,β-unsaturated/α-hetero) is 1. The van der Waals surface area contributed by atoms with Crippen LogP contribution in [0.15, 0.2) is 42.5 Å². The molecule has 3 aromatic carbocycles. The summed E-state index contributed by atoms with van der Waals surface area (Å²) in [4.78, 5) is 13.6. The second-order valence-electron chi connectivity index (χ2n) is 8.55. The molecule has 0 radical (unpaired) electrons. The Hall–Kier alpha value is -3.67. The summed E-state index contributed by atoms with van der Waals surface area (Å²) in [5.41, 5.74) is 5.26. The van der Waals surface area contributed by atoms with E-state index in [0.717, 1.165) is 33.6 Å². The lowest BCUT2D eigenvalue weighted by Crippen LogP contribution is -2.37. The molecule has 33 heavy (non-hydrogen) atoms. The van der Waals surface area contributed by atoms with Gasteiger partial charge < -0.3 is 23.7 Å². The third-order valence-corrected chi connectivity index (χ3v) is 7.22. The molecular weight excluding hydrogens is 420 g/mol. The normalized spacial score (nSPS) is 21.2. The average molecular weight is 444 g/mol. The molecule has 1 heterocycles. The molecule has 3 atom stereocenters. The first kappa shape index (κ1) is 20.0. The minimum atomic E-state index is -0.282. The summed E-state index contributed by atoms with van der Waals surface area (Å²) in [5, 5.41) is 0. The lowest BCUT2D eigenvalue weighted by Gasteiger charge is -2.47. The van der Waals surface area contributed by atoms with Crippen LogP contribution in [0.4, 0.5) is 0 Å². The fraction of sp³-hybridized carbons (Fsp3) is 0.296. The van der Waals surface area contributed by atoms with Crippen LogP contribution in [-0.4, -0.2) is 34.2 Å². The summed E-state index contributed by atoms with van der Waals surface area (Å²) in [7, 11) is 6.45. The van der Waals surface area contributed by atoms with Gasteiger partial charge in [-0.25, -0.2) is 0 Å². The van der Waals surface area contributed by atoms with Crippen molar-refractivity contribution < 1.29 is 28.5 Å². The maximum absolute atomic E-state index is 13.6. The standard InChI is InChI=1S/C27H24O6/c1-29-18-10-9-14-21(27(18)32-4)24-20(31-3)12-19(30-2)23-16(28)11-15-13-7-5-6-8-17(13)33-26(14)22(15)25(23)24/h5-10,12,15,22,26H,11H2,1-4H3/t15-,22+,26+/m1/s1. The highest BCUT2D eigenvalue weighted by atomic mass is 16.5. The maximum Gasteiger partial charge on any atom is 0.169 e. The summed E-state index contributed by atoms with van der Waals surface area (Å²) < 4.78 is 29.7. The number of methoxy groups -OCH3 is 4. The van der Waals surface area contributed by atoms with Gasteiger partial charge in [-0.3, -0.25) is 4.79 Å². The molecule has 6 rings (SSSR count). The van der Waals surface area contributed by atoms with Crippen molar-refractivity contribution in [1.29, 1.82) is 0 Å². The Morgan fingerprint density at radius 3 is 2.24 bits per heavy atom. The highest BCUT2D eigenvalue weighted by Gasteiger charge is 2.52. The van der Waals surface area contributed by atoms with E-state index in [0.29, 0.717) is 35.0 Å². The van der Waals surface area contributed by atoms with Crippen LogP contribution in [-0.2, 0) is 0 Å². The van der Waals surface area contributed by atoms with Crippen LogP contribution in [0.2, 0.25) is 0 Å². The summed E-state index contributed by atoms with van der Waals surface area (Å²) >= 11 is 0. The SMILES string of the molecule is COc1ccc2c(c1OC)-c1c(OC)cc(OC)c3c1[C@@H]1[C@H](CC3=O)c3ccccc3O[C@@H]21. The van der Waals surface area contributed by atoms with Crippen molar-refractivity contribution in [3.8, 4) is 39.9 Å². The van der Waals surface area contributed by atoms with Gasteiger partial charge in [0.1, 0.15) is 23.4 Å². The molecule has 0 N–H and O–H groups in total. The Morgan fingerprint density at radius 1 is 0.788 bits per heavy atom. The van der Waals surface area contributed by atoms with Crippen LogP contribution in [0.25, 0.3) is 11.1 Å². The number of carbonyl (C=O) groups is 1. The summed E-state index contributed by atoms with van der Waals surface area (Å²) in [6, 6.07) is 13.8. The highest BCUT2D eigenvalue weighted by Crippen LogP contribution is 2.65. The predicted molar refractivity (Wildman–Crippen MR) is 122 cm³/mol. The number of benzene rings is 3. The van der Waals surface area contributed by atoms with Gasteiger partial charge in [0.2, 0.25) is 0 Å². The number of ketones is 1. The molecule has 0 bridgehead atoms. The number of hydrogen-bond donors (Lipinski definition) is 0. The first-order valence-electron chi connectivity index (χ1n) is 11.0. The maximum atomic E-state index is 13.6. The van der Waals surface area contributed by atoms with Crippen molar-refractivity contribution >= 4 is 5.78 Å². The van der Waals surface area contributed by atoms with E-state index < -0.39 is 0 Å². The number of hydrogen-bond acceptors (Lipinski definition) is 6. The summed E-state index contributed by atoms with van der Waals surface area (Å²) in [5.74, 6) is 3.18. The van der Waals surface area contributed by atoms with Crippen molar-refractivity contribution in [2.45, 2.75) is 24.4 Å². The number of para-hydroxylation sites is 1. The molecule has 1 aliphatic heterocycles. The molecule has 6 heteroatoms. The molecule has 0 aromatic heterocycles. The van der Waals surface area contributed by atoms with Gasteiger partial charge in [0, 0.05) is 41.0 Å². The number of rotatable bonds is 4. The van der Waals surface area contributed by atoms with Gasteiger partial charge in [-0.2, -0.15) is 0 Å². The zero-order valence-electron chi connectivity index (χ0n) is 18.9. The Kier molecular flexibility index (Phi) is 4.34. The van der Waals surface area contributed by atoms with E-state index >= 15 is 0 Å². The molecule has 0 unspecified atom stereocenters. The molecular formula is C27H24O6. The van der Waals surface area contributed by atoms with E-state index in [4.69, 9.17) is 23.7 Å². The molecule has 3 aliphatic rings. The summed E-state index contributed by atoms with van der Waals surface area (Å²) in [6.45, 7) is 0. The molecule has 3 aromatic rings. The Bertz CT molecular complexity index is 1310. The van der Waals surface area contributed by atoms with Gasteiger partial charge in [-0.1, -0.05) is 24.3 Å². The summed E-state index contributed by atoms with van der Waals surface area (Å²) in [6.07, 6.45) is 0.120. The number of fused-ring (bicyclic) bond motifs is 5. The third-order valence-electron chi connectivity index (χ3n) is 7.22. The second kappa shape index (κ2) is 7.17. The van der Waals surface area contributed by atoms with Gasteiger partial charge in [-0.05, 0) is 23.3 Å². The monoisotopic (exact) mass is 444 g/mol. The van der Waals surface area contributed by atoms with E-state index in [1.54, 1.807) is 34.5 Å². The fourth-order valence-electron chi connectivity index (χ4n) is 5.95. The van der Waals surface area contributed by atoms with Gasteiger partial charge in [-0.15, -0.1) is 0 Å². The van der Waals surface area contributed by atoms with E-state index in [9.17, 15) is 4.79 Å². The Labute approximate surface area is 192 Å². The van der Waals surface area contributed by atoms with Crippen LogP contribution in [0, 0.1) is 0 Å². The van der Waals surface area contributed by atoms with Crippen LogP contribution >= 0.6 is 0 Å². The zero-order valence-corrected chi connectivity index (χ0v) is 18.9. The molecule has 2 aliphatic carbocycles. The quantitative estimate of drug-likeness (QED) is 0.545. The first-order chi connectivity index (χ1) is 16.1. The smallest absolute Gasteiger partial charge is 0.169 e. The largest absolute Gasteiger partial charge is 0.496 e. The van der Waals surface area contributed by atoms with Crippen molar-refractivity contribution in [2.75, 3.05) is 28.4 Å². The van der Waals surface area contributed by atoms with E-state index in [1.807, 2.05) is 30.3 Å². The molecule has 0 spiro atoms. The molecule has 168 valence electrons. The number of carbonyl (C=O) groups excluding carboxylic acids is 1. The minimum absolute atomic E-state index is 0.00300. The van der Waals surface area contributed by atoms with Crippen LogP contribution in [0.5, 0.6) is 28.7 Å². The van der Waals surface area contributed by atoms with E-state index in [1.165, 1.54) is 0 Å². The molecule has 0 amide bonds. The first-order valence-corrected chi connectivity index (χ1v) is 11.0. The Balaban J connectivity index is 1.78. The second-order valence-corrected chi connectivity index (χ2v) is 8.55. The van der Waals surface area contributed by atoms with Gasteiger partial charge in [0.15, 0.2) is 17.3 Å². The molecule has 0 saturated carbocycles. The molecule has 6 nitrogen and oxygen atoms in total. The lowest BCUT2D eigenvalue weighted by atomic mass is 9.61. The van der Waals surface area contributed by atoms with E-state index in [-0.39, 0.29) is 23.7 Å². The highest BCUT2D eigenvalue weighted by molar-refractivity contribution is 6.06. The van der Waals surface area contributed by atoms with Crippen LogP contribution < -0.4 is 23.7 Å². The van der Waals surface area contributed by atoms with Gasteiger partial charge >= 0.3 is 0 Å². The number of ether oxygens (including phenoxy) is 5. The van der Waals surface area contributed by atoms with E-state index in [2.05, 4.69) is 6.07 Å². The fourth-order valence-corrected chi connectivity index (χ4v) is 5.95. The van der Waals surface area contributed by atoms with Gasteiger partial charge in [0.25, 0.3) is 0 Å². The van der Waals surface area contributed by atoms with Crippen molar-refractivity contribution in [2.24, 2.45) is 0 Å². The Morgan fingerprint density at radius 2 is 1.52 bits per heavy atom. The van der Waals surface area contributed by atoms with Gasteiger partial charge in [0.05, 0.1) is 34.0 Å².